The Morgan fingerprint density at radius 1 is 0.538 bits per heavy atom. The Morgan fingerprint density at radius 3 is 1.12 bits per heavy atom. The molecule has 0 aliphatic rings. The summed E-state index contributed by atoms with van der Waals surface area (Å²) in [6, 6.07) is 32.8. The van der Waals surface area contributed by atoms with Gasteiger partial charge in [0.25, 0.3) is 0 Å². The van der Waals surface area contributed by atoms with Crippen LogP contribution in [0.25, 0.3) is 0 Å². The van der Waals surface area contributed by atoms with Gasteiger partial charge in [-0.15, -0.1) is 0 Å². The summed E-state index contributed by atoms with van der Waals surface area (Å²) in [6.07, 6.45) is 1.19. The minimum Gasteiger partial charge on any atom is -1.00 e. The monoisotopic (exact) mass is 365 g/mol. The van der Waals surface area contributed by atoms with Crippen molar-refractivity contribution in [3.63, 3.8) is 0 Å². The first kappa shape index (κ1) is 20.2. The highest BCUT2D eigenvalue weighted by molar-refractivity contribution is 5.17. The Morgan fingerprint density at radius 2 is 0.846 bits per heavy atom. The van der Waals surface area contributed by atoms with E-state index in [9.17, 15) is 0 Å². The van der Waals surface area contributed by atoms with E-state index in [0.29, 0.717) is 0 Å². The molecule has 1 nitrogen and oxygen atoms in total. The lowest BCUT2D eigenvalue weighted by Gasteiger charge is -2.39. The second-order valence-corrected chi connectivity index (χ2v) is 7.00. The fraction of sp³-hybridized carbons (Fsp3) is 0.250. The van der Waals surface area contributed by atoms with Crippen LogP contribution in [0.3, 0.4) is 0 Å². The summed E-state index contributed by atoms with van der Waals surface area (Å²) >= 11 is 0. The van der Waals surface area contributed by atoms with Crippen molar-refractivity contribution >= 4 is 0 Å². The molecule has 0 saturated carbocycles. The molecule has 0 saturated heterocycles. The van der Waals surface area contributed by atoms with Gasteiger partial charge in [0, 0.05) is 16.7 Å². The van der Waals surface area contributed by atoms with Crippen LogP contribution in [0.4, 0.5) is 0 Å². The van der Waals surface area contributed by atoms with Gasteiger partial charge in [0.1, 0.15) is 19.6 Å². The molecule has 0 aliphatic carbocycles. The quantitative estimate of drug-likeness (QED) is 0.538. The Kier molecular flexibility index (Phi) is 7.90. The molecular formula is C24H28ClN. The largest absolute Gasteiger partial charge is 1.00 e. The van der Waals surface area contributed by atoms with E-state index in [-0.39, 0.29) is 12.4 Å². The van der Waals surface area contributed by atoms with Crippen LogP contribution in [-0.2, 0) is 19.6 Å². The molecule has 0 heterocycles. The predicted octanol–water partition coefficient (Wildman–Crippen LogP) is 2.82. The maximum absolute atomic E-state index is 2.30. The number of nitrogens with zero attached hydrogens (tertiary/aromatic N) is 1. The van der Waals surface area contributed by atoms with E-state index in [2.05, 4.69) is 97.9 Å². The second kappa shape index (κ2) is 10.2. The first-order valence-corrected chi connectivity index (χ1v) is 9.26. The smallest absolute Gasteiger partial charge is 0.105 e. The average molecular weight is 366 g/mol. The van der Waals surface area contributed by atoms with Gasteiger partial charge < -0.3 is 16.9 Å². The van der Waals surface area contributed by atoms with Crippen LogP contribution < -0.4 is 12.4 Å². The summed E-state index contributed by atoms with van der Waals surface area (Å²) in [7, 11) is 0. The third-order valence-electron chi connectivity index (χ3n) is 4.78. The number of benzene rings is 3. The molecule has 3 rings (SSSR count). The zero-order valence-electron chi connectivity index (χ0n) is 15.5. The number of hydrogen-bond acceptors (Lipinski definition) is 0. The molecule has 0 aromatic heterocycles. The number of rotatable bonds is 8. The first-order valence-electron chi connectivity index (χ1n) is 9.26. The maximum Gasteiger partial charge on any atom is 0.105 e. The standard InChI is InChI=1S/C24H28N.ClH/c1-2-18-25(19-22-12-6-3-7-13-22,20-23-14-8-4-9-15-23)21-24-16-10-5-11-17-24;/h3-17H,2,18-21H2,1H3;1H/q+1;/p-1. The molecular weight excluding hydrogens is 338 g/mol. The summed E-state index contributed by atoms with van der Waals surface area (Å²) in [5.41, 5.74) is 4.26. The van der Waals surface area contributed by atoms with Gasteiger partial charge in [-0.1, -0.05) is 97.9 Å². The van der Waals surface area contributed by atoms with E-state index in [4.69, 9.17) is 0 Å². The van der Waals surface area contributed by atoms with Crippen LogP contribution in [0, 0.1) is 0 Å². The van der Waals surface area contributed by atoms with Crippen molar-refractivity contribution < 1.29 is 16.9 Å². The Bertz CT molecular complexity index is 640. The van der Waals surface area contributed by atoms with E-state index in [1.807, 2.05) is 0 Å². The van der Waals surface area contributed by atoms with Gasteiger partial charge in [-0.3, -0.25) is 0 Å². The van der Waals surface area contributed by atoms with Crippen molar-refractivity contribution in [2.75, 3.05) is 6.54 Å². The van der Waals surface area contributed by atoms with Crippen molar-refractivity contribution in [1.82, 2.24) is 0 Å². The van der Waals surface area contributed by atoms with Crippen molar-refractivity contribution in [2.24, 2.45) is 0 Å². The van der Waals surface area contributed by atoms with E-state index < -0.39 is 0 Å². The molecule has 26 heavy (non-hydrogen) atoms. The van der Waals surface area contributed by atoms with E-state index >= 15 is 0 Å². The van der Waals surface area contributed by atoms with E-state index in [1.165, 1.54) is 29.7 Å². The third kappa shape index (κ3) is 5.72. The van der Waals surface area contributed by atoms with Gasteiger partial charge >= 0.3 is 0 Å². The van der Waals surface area contributed by atoms with Crippen LogP contribution in [0.15, 0.2) is 91.0 Å². The van der Waals surface area contributed by atoms with Crippen molar-refractivity contribution in [1.29, 1.82) is 0 Å². The predicted molar refractivity (Wildman–Crippen MR) is 106 cm³/mol. The van der Waals surface area contributed by atoms with Gasteiger partial charge in [0.05, 0.1) is 6.54 Å². The van der Waals surface area contributed by atoms with Crippen LogP contribution in [0.2, 0.25) is 0 Å². The molecule has 136 valence electrons. The molecule has 3 aromatic carbocycles. The van der Waals surface area contributed by atoms with Gasteiger partial charge in [-0.05, 0) is 6.42 Å². The van der Waals surface area contributed by atoms with Crippen molar-refractivity contribution in [3.05, 3.63) is 108 Å². The molecule has 0 spiro atoms. The lowest BCUT2D eigenvalue weighted by Crippen LogP contribution is -3.00. The molecule has 3 aromatic rings. The summed E-state index contributed by atoms with van der Waals surface area (Å²) in [5.74, 6) is 0. The Labute approximate surface area is 164 Å². The molecule has 0 fully saturated rings. The molecule has 0 aliphatic heterocycles. The van der Waals surface area contributed by atoms with Crippen molar-refractivity contribution in [3.8, 4) is 0 Å². The fourth-order valence-electron chi connectivity index (χ4n) is 3.79. The molecule has 0 atom stereocenters. The minimum absolute atomic E-state index is 0. The second-order valence-electron chi connectivity index (χ2n) is 7.00. The highest BCUT2D eigenvalue weighted by atomic mass is 35.5. The van der Waals surface area contributed by atoms with Crippen LogP contribution in [0.1, 0.15) is 30.0 Å². The average Bonchev–Trinajstić information content (AvgIpc) is 2.64. The SMILES string of the molecule is CCC[N+](Cc1ccccc1)(Cc1ccccc1)Cc1ccccc1.[Cl-]. The zero-order valence-corrected chi connectivity index (χ0v) is 16.3. The summed E-state index contributed by atoms with van der Waals surface area (Å²) < 4.78 is 1.06. The van der Waals surface area contributed by atoms with Crippen LogP contribution in [-0.4, -0.2) is 11.0 Å². The maximum atomic E-state index is 2.30. The van der Waals surface area contributed by atoms with Crippen LogP contribution in [0.5, 0.6) is 0 Å². The summed E-state index contributed by atoms with van der Waals surface area (Å²) in [5, 5.41) is 0. The summed E-state index contributed by atoms with van der Waals surface area (Å²) in [6.45, 7) is 6.68. The summed E-state index contributed by atoms with van der Waals surface area (Å²) in [4.78, 5) is 0. The third-order valence-corrected chi connectivity index (χ3v) is 4.78. The lowest BCUT2D eigenvalue weighted by atomic mass is 10.1. The molecule has 0 amide bonds. The molecule has 0 unspecified atom stereocenters. The van der Waals surface area contributed by atoms with E-state index in [1.54, 1.807) is 0 Å². The highest BCUT2D eigenvalue weighted by Gasteiger charge is 2.28. The number of hydrogen-bond donors (Lipinski definition) is 0. The lowest BCUT2D eigenvalue weighted by molar-refractivity contribution is -0.966. The molecule has 2 heteroatoms. The Hall–Kier alpha value is -2.09. The number of quaternary nitrogens is 1. The zero-order chi connectivity index (χ0) is 17.4. The number of halogens is 1. The first-order chi connectivity index (χ1) is 12.3. The van der Waals surface area contributed by atoms with Crippen molar-refractivity contribution in [2.45, 2.75) is 33.0 Å². The normalized spacial score (nSPS) is 11.0. The molecule has 0 N–H and O–H groups in total. The van der Waals surface area contributed by atoms with E-state index in [0.717, 1.165) is 24.1 Å². The highest BCUT2D eigenvalue weighted by Crippen LogP contribution is 2.24. The topological polar surface area (TPSA) is 0 Å². The van der Waals surface area contributed by atoms with Gasteiger partial charge in [-0.2, -0.15) is 0 Å². The minimum atomic E-state index is 0. The Balaban J connectivity index is 0.00000243. The van der Waals surface area contributed by atoms with Gasteiger partial charge in [0.2, 0.25) is 0 Å². The van der Waals surface area contributed by atoms with Gasteiger partial charge in [-0.25, -0.2) is 0 Å². The fourth-order valence-corrected chi connectivity index (χ4v) is 3.79. The molecule has 0 radical (unpaired) electrons. The van der Waals surface area contributed by atoms with Gasteiger partial charge in [0.15, 0.2) is 0 Å². The molecule has 0 bridgehead atoms. The van der Waals surface area contributed by atoms with Crippen LogP contribution >= 0.6 is 0 Å².